The zero-order valence-corrected chi connectivity index (χ0v) is 32.7. The van der Waals surface area contributed by atoms with Crippen LogP contribution in [-0.4, -0.2) is 9.97 Å². The number of pyridine rings is 2. The van der Waals surface area contributed by atoms with Gasteiger partial charge in [0.05, 0.1) is 16.8 Å². The highest BCUT2D eigenvalue weighted by Crippen LogP contribution is 2.57. The average Bonchev–Trinajstić information content (AvgIpc) is 3.44. The lowest BCUT2D eigenvalue weighted by atomic mass is 9.65. The molecular weight excluding hydrogens is 641 g/mol. The topological polar surface area (TPSA) is 25.8 Å². The molecule has 53 heavy (non-hydrogen) atoms. The molecule has 1 aliphatic carbocycles. The molecule has 0 saturated carbocycles. The van der Waals surface area contributed by atoms with Crippen LogP contribution in [0.2, 0.25) is 0 Å². The summed E-state index contributed by atoms with van der Waals surface area (Å²) in [6.45, 7) is 20.7. The van der Waals surface area contributed by atoms with Gasteiger partial charge in [-0.1, -0.05) is 147 Å². The Hall–Kier alpha value is -5.34. The van der Waals surface area contributed by atoms with Gasteiger partial charge < -0.3 is 0 Å². The second kappa shape index (κ2) is 12.4. The van der Waals surface area contributed by atoms with Crippen LogP contribution >= 0.6 is 0 Å². The quantitative estimate of drug-likeness (QED) is 0.184. The van der Waals surface area contributed by atoms with E-state index >= 15 is 0 Å². The summed E-state index contributed by atoms with van der Waals surface area (Å²) in [4.78, 5) is 10.1. The maximum atomic E-state index is 5.07. The summed E-state index contributed by atoms with van der Waals surface area (Å²) in [7, 11) is 0. The van der Waals surface area contributed by atoms with Crippen molar-refractivity contribution >= 4 is 10.8 Å². The molecule has 0 amide bonds. The molecule has 0 radical (unpaired) electrons. The number of rotatable bonds is 4. The number of aromatic nitrogens is 2. The maximum Gasteiger partial charge on any atom is 0.0780 e. The van der Waals surface area contributed by atoms with Gasteiger partial charge >= 0.3 is 0 Å². The summed E-state index contributed by atoms with van der Waals surface area (Å²) < 4.78 is 0. The van der Waals surface area contributed by atoms with Crippen molar-refractivity contribution in [2.45, 2.75) is 84.0 Å². The van der Waals surface area contributed by atoms with Crippen molar-refractivity contribution in [1.29, 1.82) is 0 Å². The molecule has 2 heterocycles. The van der Waals surface area contributed by atoms with Gasteiger partial charge in [0.1, 0.15) is 0 Å². The van der Waals surface area contributed by atoms with Crippen molar-refractivity contribution < 1.29 is 0 Å². The second-order valence-electron chi connectivity index (χ2n) is 18.0. The Kier molecular flexibility index (Phi) is 8.11. The molecule has 7 aromatic rings. The van der Waals surface area contributed by atoms with E-state index in [4.69, 9.17) is 9.97 Å². The van der Waals surface area contributed by atoms with Crippen LogP contribution < -0.4 is 0 Å². The average molecular weight is 691 g/mol. The zero-order valence-electron chi connectivity index (χ0n) is 32.7. The molecule has 0 aliphatic heterocycles. The van der Waals surface area contributed by atoms with E-state index in [0.29, 0.717) is 0 Å². The SMILES string of the molecule is CC(C)(C)c1cc(-c2cc(C(C)(C)C)ccn2)cc(C2(c3cc(-c4nccc5ccccc45)cc(C(C)(C)C)c3)c3ccccc3-c3ccccc32)c1. The highest BCUT2D eigenvalue weighted by atomic mass is 14.7. The molecule has 0 bridgehead atoms. The first-order valence-electron chi connectivity index (χ1n) is 19.0. The van der Waals surface area contributed by atoms with E-state index in [-0.39, 0.29) is 16.2 Å². The fourth-order valence-electron chi connectivity index (χ4n) is 8.27. The van der Waals surface area contributed by atoms with Crippen molar-refractivity contribution in [3.63, 3.8) is 0 Å². The summed E-state index contributed by atoms with van der Waals surface area (Å²) in [5.41, 5.74) is 15.0. The Labute approximate surface area is 316 Å². The summed E-state index contributed by atoms with van der Waals surface area (Å²) in [5.74, 6) is 0. The van der Waals surface area contributed by atoms with Crippen LogP contribution in [0.25, 0.3) is 44.4 Å². The third kappa shape index (κ3) is 5.89. The second-order valence-corrected chi connectivity index (χ2v) is 18.0. The van der Waals surface area contributed by atoms with Gasteiger partial charge in [0, 0.05) is 28.9 Å². The molecule has 0 unspecified atom stereocenters. The Morgan fingerprint density at radius 1 is 0.434 bits per heavy atom. The molecule has 264 valence electrons. The van der Waals surface area contributed by atoms with E-state index in [0.717, 1.165) is 27.9 Å². The number of hydrogen-bond acceptors (Lipinski definition) is 2. The minimum atomic E-state index is -0.606. The normalized spacial score (nSPS) is 13.9. The van der Waals surface area contributed by atoms with Crippen LogP contribution in [-0.2, 0) is 21.7 Å². The Morgan fingerprint density at radius 3 is 1.55 bits per heavy atom. The summed E-state index contributed by atoms with van der Waals surface area (Å²) in [6.07, 6.45) is 3.93. The van der Waals surface area contributed by atoms with E-state index in [1.165, 1.54) is 55.5 Å². The van der Waals surface area contributed by atoms with Crippen molar-refractivity contribution in [2.24, 2.45) is 0 Å². The highest BCUT2D eigenvalue weighted by molar-refractivity contribution is 5.95. The molecule has 0 atom stereocenters. The molecule has 8 rings (SSSR count). The monoisotopic (exact) mass is 690 g/mol. The predicted molar refractivity (Wildman–Crippen MR) is 224 cm³/mol. The Morgan fingerprint density at radius 2 is 0.943 bits per heavy atom. The van der Waals surface area contributed by atoms with Crippen LogP contribution in [0.15, 0.2) is 140 Å². The maximum absolute atomic E-state index is 5.07. The molecule has 0 spiro atoms. The van der Waals surface area contributed by atoms with Crippen molar-refractivity contribution in [3.05, 3.63) is 179 Å². The van der Waals surface area contributed by atoms with Gasteiger partial charge in [-0.15, -0.1) is 0 Å². The first-order chi connectivity index (χ1) is 25.2. The molecule has 2 heteroatoms. The molecule has 0 saturated heterocycles. The lowest BCUT2D eigenvalue weighted by Crippen LogP contribution is -2.30. The molecule has 0 fully saturated rings. The van der Waals surface area contributed by atoms with Crippen molar-refractivity contribution in [3.8, 4) is 33.6 Å². The van der Waals surface area contributed by atoms with E-state index < -0.39 is 5.41 Å². The highest BCUT2D eigenvalue weighted by Gasteiger charge is 2.47. The van der Waals surface area contributed by atoms with E-state index in [9.17, 15) is 0 Å². The van der Waals surface area contributed by atoms with Gasteiger partial charge in [-0.25, -0.2) is 0 Å². The van der Waals surface area contributed by atoms with Crippen LogP contribution in [0.1, 0.15) is 101 Å². The standard InChI is InChI=1S/C51H50N2/c1-48(2,3)36-23-25-52-46(32-36)34-26-37(49(4,5)6)30-39(27-34)51(44-20-14-12-18-42(44)43-19-13-15-21-45(43)51)40-29-35(28-38(31-40)50(7,8)9)47-41-17-11-10-16-33(41)22-24-53-47/h10-32H,1-9H3. The van der Waals surface area contributed by atoms with Crippen molar-refractivity contribution in [2.75, 3.05) is 0 Å². The van der Waals surface area contributed by atoms with Crippen LogP contribution in [0.4, 0.5) is 0 Å². The molecular formula is C51H50N2. The van der Waals surface area contributed by atoms with Crippen LogP contribution in [0.3, 0.4) is 0 Å². The van der Waals surface area contributed by atoms with Gasteiger partial charge in [-0.3, -0.25) is 9.97 Å². The molecule has 2 aromatic heterocycles. The number of hydrogen-bond donors (Lipinski definition) is 0. The van der Waals surface area contributed by atoms with Gasteiger partial charge in [0.25, 0.3) is 0 Å². The fraction of sp³-hybridized carbons (Fsp3) is 0.255. The Bertz CT molecular complexity index is 2460. The number of nitrogens with zero attached hydrogens (tertiary/aromatic N) is 2. The summed E-state index contributed by atoms with van der Waals surface area (Å²) >= 11 is 0. The minimum Gasteiger partial charge on any atom is -0.256 e. The van der Waals surface area contributed by atoms with Crippen LogP contribution in [0.5, 0.6) is 0 Å². The fourth-order valence-corrected chi connectivity index (χ4v) is 8.27. The Balaban J connectivity index is 1.52. The van der Waals surface area contributed by atoms with Crippen LogP contribution in [0, 0.1) is 0 Å². The lowest BCUT2D eigenvalue weighted by molar-refractivity contribution is 0.585. The summed E-state index contributed by atoms with van der Waals surface area (Å²) in [6, 6.07) is 47.9. The number of benzene rings is 5. The third-order valence-electron chi connectivity index (χ3n) is 11.3. The van der Waals surface area contributed by atoms with Gasteiger partial charge in [0.15, 0.2) is 0 Å². The lowest BCUT2D eigenvalue weighted by Gasteiger charge is -2.37. The van der Waals surface area contributed by atoms with Gasteiger partial charge in [-0.05, 0) is 114 Å². The molecule has 5 aromatic carbocycles. The van der Waals surface area contributed by atoms with E-state index in [1.54, 1.807) is 0 Å². The smallest absolute Gasteiger partial charge is 0.0780 e. The van der Waals surface area contributed by atoms with Gasteiger partial charge in [0.2, 0.25) is 0 Å². The van der Waals surface area contributed by atoms with Gasteiger partial charge in [-0.2, -0.15) is 0 Å². The molecule has 1 aliphatic rings. The third-order valence-corrected chi connectivity index (χ3v) is 11.3. The largest absolute Gasteiger partial charge is 0.256 e. The number of fused-ring (bicyclic) bond motifs is 4. The van der Waals surface area contributed by atoms with E-state index in [2.05, 4.69) is 190 Å². The predicted octanol–water partition coefficient (Wildman–Crippen LogP) is 13.2. The van der Waals surface area contributed by atoms with Crippen molar-refractivity contribution in [1.82, 2.24) is 9.97 Å². The molecule has 2 nitrogen and oxygen atoms in total. The van der Waals surface area contributed by atoms with E-state index in [1.807, 2.05) is 12.4 Å². The molecule has 0 N–H and O–H groups in total. The zero-order chi connectivity index (χ0) is 37.3. The minimum absolute atomic E-state index is 0.00611. The first kappa shape index (κ1) is 34.7. The first-order valence-corrected chi connectivity index (χ1v) is 19.0. The summed E-state index contributed by atoms with van der Waals surface area (Å²) in [5, 5.41) is 2.36.